The number of nitrogens with zero attached hydrogens (tertiary/aromatic N) is 3. The smallest absolute Gasteiger partial charge is 0.416 e. The Balaban J connectivity index is 1.71. The van der Waals surface area contributed by atoms with Crippen molar-refractivity contribution in [1.29, 1.82) is 0 Å². The van der Waals surface area contributed by atoms with Crippen LogP contribution >= 0.6 is 0 Å². The number of halogens is 3. The topological polar surface area (TPSA) is 54.9 Å². The summed E-state index contributed by atoms with van der Waals surface area (Å²) in [5.74, 6) is 0.267. The average molecular weight is 395 g/mol. The van der Waals surface area contributed by atoms with Gasteiger partial charge < -0.3 is 19.3 Å². The number of esters is 1. The first-order valence-corrected chi connectivity index (χ1v) is 8.64. The first-order chi connectivity index (χ1) is 13.3. The summed E-state index contributed by atoms with van der Waals surface area (Å²) in [6.07, 6.45) is -4.36. The van der Waals surface area contributed by atoms with E-state index >= 15 is 0 Å². The Kier molecular flexibility index (Phi) is 5.62. The lowest BCUT2D eigenvalue weighted by atomic mass is 10.1. The molecule has 0 atom stereocenters. The van der Waals surface area contributed by atoms with Crippen LogP contribution in [0.4, 0.5) is 24.7 Å². The molecule has 0 N–H and O–H groups in total. The van der Waals surface area contributed by atoms with Gasteiger partial charge in [0.05, 0.1) is 19.8 Å². The molecule has 0 saturated carbocycles. The highest BCUT2D eigenvalue weighted by Crippen LogP contribution is 2.32. The molecule has 1 aliphatic rings. The Morgan fingerprint density at radius 3 is 2.32 bits per heavy atom. The molecule has 0 spiro atoms. The Bertz CT molecular complexity index is 850. The maximum Gasteiger partial charge on any atom is 0.416 e. The molecule has 1 saturated heterocycles. The van der Waals surface area contributed by atoms with Crippen molar-refractivity contribution in [1.82, 2.24) is 4.98 Å². The number of carbonyl (C=O) groups excluding carboxylic acids is 1. The van der Waals surface area contributed by atoms with Crippen molar-refractivity contribution in [3.05, 3.63) is 47.5 Å². The minimum Gasteiger partial charge on any atom is -0.480 e. The molecular formula is C19H20F3N3O3. The lowest BCUT2D eigenvalue weighted by molar-refractivity contribution is -0.137. The van der Waals surface area contributed by atoms with E-state index < -0.39 is 17.7 Å². The number of anilines is 2. The van der Waals surface area contributed by atoms with E-state index in [2.05, 4.69) is 4.98 Å². The zero-order valence-corrected chi connectivity index (χ0v) is 15.5. The van der Waals surface area contributed by atoms with E-state index in [1.807, 2.05) is 9.80 Å². The lowest BCUT2D eigenvalue weighted by Crippen LogP contribution is -2.46. The Morgan fingerprint density at radius 1 is 1.04 bits per heavy atom. The number of ether oxygens (including phenoxy) is 2. The van der Waals surface area contributed by atoms with Gasteiger partial charge in [-0.1, -0.05) is 6.07 Å². The van der Waals surface area contributed by atoms with Gasteiger partial charge in [0.2, 0.25) is 5.88 Å². The molecule has 1 fully saturated rings. The molecule has 1 aromatic carbocycles. The fourth-order valence-corrected chi connectivity index (χ4v) is 3.10. The van der Waals surface area contributed by atoms with Crippen molar-refractivity contribution in [3.8, 4) is 5.88 Å². The standard InChI is InChI=1S/C19H20F3N3O3/c1-27-17-15(18(26)28-2)6-7-16(23-17)25-10-8-24(9-11-25)14-5-3-4-13(12-14)19(20,21)22/h3-7,12H,8-11H2,1-2H3. The largest absolute Gasteiger partial charge is 0.480 e. The van der Waals surface area contributed by atoms with Crippen LogP contribution in [0.5, 0.6) is 5.88 Å². The van der Waals surface area contributed by atoms with Crippen molar-refractivity contribution in [2.75, 3.05) is 50.2 Å². The van der Waals surface area contributed by atoms with Gasteiger partial charge in [-0.2, -0.15) is 18.2 Å². The van der Waals surface area contributed by atoms with Gasteiger partial charge in [-0.05, 0) is 30.3 Å². The molecule has 0 aliphatic carbocycles. The predicted octanol–water partition coefficient (Wildman–Crippen LogP) is 3.22. The van der Waals surface area contributed by atoms with Crippen molar-refractivity contribution >= 4 is 17.5 Å². The minimum absolute atomic E-state index is 0.171. The lowest BCUT2D eigenvalue weighted by Gasteiger charge is -2.37. The number of hydrogen-bond donors (Lipinski definition) is 0. The quantitative estimate of drug-likeness (QED) is 0.741. The molecule has 150 valence electrons. The molecule has 0 radical (unpaired) electrons. The number of methoxy groups -OCH3 is 2. The molecule has 2 aromatic rings. The summed E-state index contributed by atoms with van der Waals surface area (Å²) in [5, 5.41) is 0. The third-order valence-corrected chi connectivity index (χ3v) is 4.59. The number of hydrogen-bond acceptors (Lipinski definition) is 6. The van der Waals surface area contributed by atoms with Crippen LogP contribution in [0.2, 0.25) is 0 Å². The van der Waals surface area contributed by atoms with E-state index in [1.54, 1.807) is 18.2 Å². The van der Waals surface area contributed by atoms with Gasteiger partial charge in [0, 0.05) is 31.9 Å². The fraction of sp³-hybridized carbons (Fsp3) is 0.368. The number of piperazine rings is 1. The maximum absolute atomic E-state index is 12.9. The van der Waals surface area contributed by atoms with Crippen LogP contribution in [0, 0.1) is 0 Å². The molecule has 0 unspecified atom stereocenters. The molecule has 1 aliphatic heterocycles. The monoisotopic (exact) mass is 395 g/mol. The van der Waals surface area contributed by atoms with Gasteiger partial charge in [0.25, 0.3) is 0 Å². The molecule has 3 rings (SSSR count). The zero-order chi connectivity index (χ0) is 20.3. The highest BCUT2D eigenvalue weighted by Gasteiger charge is 2.31. The second-order valence-corrected chi connectivity index (χ2v) is 6.24. The van der Waals surface area contributed by atoms with Crippen molar-refractivity contribution in [2.45, 2.75) is 6.18 Å². The summed E-state index contributed by atoms with van der Waals surface area (Å²) in [4.78, 5) is 20.0. The maximum atomic E-state index is 12.9. The van der Waals surface area contributed by atoms with Gasteiger partial charge in [0.15, 0.2) is 0 Å². The molecule has 2 heterocycles. The van der Waals surface area contributed by atoms with Crippen LogP contribution in [-0.2, 0) is 10.9 Å². The highest BCUT2D eigenvalue weighted by atomic mass is 19.4. The fourth-order valence-electron chi connectivity index (χ4n) is 3.10. The van der Waals surface area contributed by atoms with Crippen molar-refractivity contribution < 1.29 is 27.4 Å². The number of rotatable bonds is 4. The third-order valence-electron chi connectivity index (χ3n) is 4.59. The van der Waals surface area contributed by atoms with Crippen LogP contribution < -0.4 is 14.5 Å². The molecule has 28 heavy (non-hydrogen) atoms. The SMILES string of the molecule is COC(=O)c1ccc(N2CCN(c3cccc(C(F)(F)F)c3)CC2)nc1OC. The third kappa shape index (κ3) is 4.13. The summed E-state index contributed by atoms with van der Waals surface area (Å²) < 4.78 is 48.7. The van der Waals surface area contributed by atoms with Gasteiger partial charge in [0.1, 0.15) is 11.4 Å². The number of benzene rings is 1. The summed E-state index contributed by atoms with van der Waals surface area (Å²) >= 11 is 0. The second-order valence-electron chi connectivity index (χ2n) is 6.24. The predicted molar refractivity (Wildman–Crippen MR) is 98.0 cm³/mol. The first kappa shape index (κ1) is 19.8. The van der Waals surface area contributed by atoms with E-state index in [0.717, 1.165) is 6.07 Å². The molecule has 0 amide bonds. The van der Waals surface area contributed by atoms with E-state index in [9.17, 15) is 18.0 Å². The summed E-state index contributed by atoms with van der Waals surface area (Å²) in [6, 6.07) is 8.63. The van der Waals surface area contributed by atoms with E-state index in [4.69, 9.17) is 9.47 Å². The highest BCUT2D eigenvalue weighted by molar-refractivity contribution is 5.92. The molecule has 6 nitrogen and oxygen atoms in total. The van der Waals surface area contributed by atoms with Crippen LogP contribution in [0.25, 0.3) is 0 Å². The second kappa shape index (κ2) is 7.95. The van der Waals surface area contributed by atoms with Gasteiger partial charge in [-0.3, -0.25) is 0 Å². The normalized spacial score (nSPS) is 14.8. The summed E-state index contributed by atoms with van der Waals surface area (Å²) in [5.41, 5.74) is 0.120. The Hall–Kier alpha value is -2.97. The molecular weight excluding hydrogens is 375 g/mol. The number of carbonyl (C=O) groups is 1. The van der Waals surface area contributed by atoms with E-state index in [0.29, 0.717) is 37.7 Å². The molecule has 9 heteroatoms. The van der Waals surface area contributed by atoms with Gasteiger partial charge in [-0.25, -0.2) is 4.79 Å². The number of alkyl halides is 3. The summed E-state index contributed by atoms with van der Waals surface area (Å²) in [6.45, 7) is 2.24. The van der Waals surface area contributed by atoms with E-state index in [1.165, 1.54) is 26.4 Å². The first-order valence-electron chi connectivity index (χ1n) is 8.64. The van der Waals surface area contributed by atoms with Crippen LogP contribution in [0.15, 0.2) is 36.4 Å². The summed E-state index contributed by atoms with van der Waals surface area (Å²) in [7, 11) is 2.70. The van der Waals surface area contributed by atoms with Gasteiger partial charge in [-0.15, -0.1) is 0 Å². The van der Waals surface area contributed by atoms with Crippen molar-refractivity contribution in [3.63, 3.8) is 0 Å². The number of pyridine rings is 1. The van der Waals surface area contributed by atoms with Crippen LogP contribution in [0.3, 0.4) is 0 Å². The zero-order valence-electron chi connectivity index (χ0n) is 15.5. The Labute approximate surface area is 160 Å². The number of aromatic nitrogens is 1. The minimum atomic E-state index is -4.36. The molecule has 0 bridgehead atoms. The van der Waals surface area contributed by atoms with Crippen molar-refractivity contribution in [2.24, 2.45) is 0 Å². The Morgan fingerprint density at radius 2 is 1.71 bits per heavy atom. The van der Waals surface area contributed by atoms with E-state index in [-0.39, 0.29) is 11.4 Å². The van der Waals surface area contributed by atoms with Crippen LogP contribution in [-0.4, -0.2) is 51.4 Å². The van der Waals surface area contributed by atoms with Gasteiger partial charge >= 0.3 is 12.1 Å². The van der Waals surface area contributed by atoms with Crippen LogP contribution in [0.1, 0.15) is 15.9 Å². The average Bonchev–Trinajstić information content (AvgIpc) is 2.72. The molecule has 1 aromatic heterocycles.